The summed E-state index contributed by atoms with van der Waals surface area (Å²) < 4.78 is 1.00. The number of hydrogen-bond acceptors (Lipinski definition) is 3. The van der Waals surface area contributed by atoms with Gasteiger partial charge in [0.2, 0.25) is 0 Å². The first kappa shape index (κ1) is 11.3. The number of nitrogens with two attached hydrogens (primary N) is 1. The Morgan fingerprint density at radius 2 is 1.71 bits per heavy atom. The van der Waals surface area contributed by atoms with E-state index < -0.39 is 11.4 Å². The minimum atomic E-state index is -0.503. The molecule has 0 fully saturated rings. The highest BCUT2D eigenvalue weighted by molar-refractivity contribution is 7.80. The van der Waals surface area contributed by atoms with Gasteiger partial charge in [-0.3, -0.25) is 0 Å². The number of nitrogens with one attached hydrogen (secondary N) is 2. The minimum absolute atomic E-state index is 0.398. The summed E-state index contributed by atoms with van der Waals surface area (Å²) in [6, 6.07) is 6.87. The van der Waals surface area contributed by atoms with Crippen molar-refractivity contribution < 1.29 is 0 Å². The molecule has 0 radical (unpaired) electrons. The number of nitrogens with zero attached hydrogens (tertiary/aromatic N) is 1. The van der Waals surface area contributed by atoms with Crippen LogP contribution in [-0.2, 0) is 6.42 Å². The van der Waals surface area contributed by atoms with Crippen LogP contribution in [0.25, 0.3) is 5.69 Å². The maximum Gasteiger partial charge on any atom is 0.348 e. The molecule has 1 heterocycles. The van der Waals surface area contributed by atoms with E-state index in [-0.39, 0.29) is 0 Å². The van der Waals surface area contributed by atoms with Gasteiger partial charge in [-0.25, -0.2) is 24.4 Å². The van der Waals surface area contributed by atoms with Gasteiger partial charge in [-0.1, -0.05) is 24.4 Å². The summed E-state index contributed by atoms with van der Waals surface area (Å²) in [4.78, 5) is 23.1. The third-order valence-electron chi connectivity index (χ3n) is 2.26. The van der Waals surface area contributed by atoms with E-state index in [0.717, 1.165) is 10.1 Å². The summed E-state index contributed by atoms with van der Waals surface area (Å²) in [6.45, 7) is 0. The Hall–Kier alpha value is -2.15. The summed E-state index contributed by atoms with van der Waals surface area (Å²) in [6.07, 6.45) is 0.494. The van der Waals surface area contributed by atoms with Crippen molar-refractivity contribution in [1.82, 2.24) is 14.8 Å². The molecule has 7 heteroatoms. The van der Waals surface area contributed by atoms with Gasteiger partial charge in [-0.05, 0) is 17.7 Å². The highest BCUT2D eigenvalue weighted by Gasteiger charge is 2.05. The maximum absolute atomic E-state index is 11.3. The van der Waals surface area contributed by atoms with E-state index in [4.69, 9.17) is 18.0 Å². The zero-order valence-corrected chi connectivity index (χ0v) is 9.58. The van der Waals surface area contributed by atoms with E-state index in [1.54, 1.807) is 24.3 Å². The van der Waals surface area contributed by atoms with Gasteiger partial charge in [-0.15, -0.1) is 0 Å². The summed E-state index contributed by atoms with van der Waals surface area (Å²) in [5, 5.41) is 4.42. The molecule has 17 heavy (non-hydrogen) atoms. The van der Waals surface area contributed by atoms with E-state index in [1.165, 1.54) is 0 Å². The predicted molar refractivity (Wildman–Crippen MR) is 67.5 cm³/mol. The average Bonchev–Trinajstić information content (AvgIpc) is 2.59. The summed E-state index contributed by atoms with van der Waals surface area (Å²) in [5.74, 6) is 0. The molecule has 88 valence electrons. The van der Waals surface area contributed by atoms with Crippen molar-refractivity contribution in [2.45, 2.75) is 6.42 Å². The molecular weight excluding hydrogens is 240 g/mol. The van der Waals surface area contributed by atoms with Gasteiger partial charge in [0.05, 0.1) is 10.7 Å². The SMILES string of the molecule is NC(=S)Cc1ccc(-n2c(=O)[nH][nH]c2=O)cc1. The molecule has 0 bridgehead atoms. The molecule has 0 aliphatic heterocycles. The zero-order chi connectivity index (χ0) is 12.4. The first-order valence-electron chi connectivity index (χ1n) is 4.85. The largest absolute Gasteiger partial charge is 0.393 e. The van der Waals surface area contributed by atoms with Crippen molar-refractivity contribution >= 4 is 17.2 Å². The van der Waals surface area contributed by atoms with Crippen LogP contribution in [0.5, 0.6) is 0 Å². The second kappa shape index (κ2) is 4.38. The third kappa shape index (κ3) is 2.34. The number of H-pyrrole nitrogens is 2. The molecule has 0 saturated heterocycles. The minimum Gasteiger partial charge on any atom is -0.393 e. The van der Waals surface area contributed by atoms with Crippen LogP contribution >= 0.6 is 12.2 Å². The lowest BCUT2D eigenvalue weighted by atomic mass is 10.1. The summed E-state index contributed by atoms with van der Waals surface area (Å²) in [5.41, 5.74) is 5.84. The molecular formula is C10H10N4O2S. The first-order valence-corrected chi connectivity index (χ1v) is 5.26. The molecule has 0 atom stereocenters. The Bertz CT molecular complexity index is 622. The van der Waals surface area contributed by atoms with Gasteiger partial charge in [0.15, 0.2) is 0 Å². The molecule has 1 aromatic heterocycles. The Morgan fingerprint density at radius 3 is 2.18 bits per heavy atom. The number of hydrogen-bond donors (Lipinski definition) is 3. The number of thiocarbonyl (C=S) groups is 1. The van der Waals surface area contributed by atoms with Crippen molar-refractivity contribution in [1.29, 1.82) is 0 Å². The van der Waals surface area contributed by atoms with Gasteiger partial charge in [0, 0.05) is 6.42 Å². The molecule has 6 nitrogen and oxygen atoms in total. The maximum atomic E-state index is 11.3. The number of aromatic nitrogens is 3. The lowest BCUT2D eigenvalue weighted by molar-refractivity contribution is 0.950. The summed E-state index contributed by atoms with van der Waals surface area (Å²) >= 11 is 4.79. The Kier molecular flexibility index (Phi) is 2.92. The molecule has 1 aromatic carbocycles. The van der Waals surface area contributed by atoms with E-state index in [9.17, 15) is 9.59 Å². The Balaban J connectivity index is 2.39. The second-order valence-corrected chi connectivity index (χ2v) is 4.03. The van der Waals surface area contributed by atoms with Crippen LogP contribution in [0.2, 0.25) is 0 Å². The van der Waals surface area contributed by atoms with E-state index in [2.05, 4.69) is 10.2 Å². The molecule has 4 N–H and O–H groups in total. The van der Waals surface area contributed by atoms with Crippen LogP contribution in [-0.4, -0.2) is 19.8 Å². The molecule has 0 spiro atoms. The normalized spacial score (nSPS) is 10.4. The van der Waals surface area contributed by atoms with Crippen molar-refractivity contribution in [3.63, 3.8) is 0 Å². The first-order chi connectivity index (χ1) is 8.08. The van der Waals surface area contributed by atoms with Crippen LogP contribution in [0.1, 0.15) is 5.56 Å². The van der Waals surface area contributed by atoms with Gasteiger partial charge >= 0.3 is 11.4 Å². The molecule has 0 aliphatic carbocycles. The van der Waals surface area contributed by atoms with Crippen molar-refractivity contribution in [2.75, 3.05) is 0 Å². The molecule has 2 rings (SSSR count). The van der Waals surface area contributed by atoms with Gasteiger partial charge in [-0.2, -0.15) is 0 Å². The molecule has 2 aromatic rings. The lowest BCUT2D eigenvalue weighted by Gasteiger charge is -2.02. The molecule has 0 amide bonds. The second-order valence-electron chi connectivity index (χ2n) is 3.51. The van der Waals surface area contributed by atoms with Crippen LogP contribution < -0.4 is 17.1 Å². The number of rotatable bonds is 3. The van der Waals surface area contributed by atoms with Gasteiger partial charge in [0.1, 0.15) is 0 Å². The predicted octanol–water partition coefficient (Wildman–Crippen LogP) is -0.318. The van der Waals surface area contributed by atoms with E-state index in [1.807, 2.05) is 0 Å². The quantitative estimate of drug-likeness (QED) is 0.650. The Morgan fingerprint density at radius 1 is 1.18 bits per heavy atom. The van der Waals surface area contributed by atoms with Gasteiger partial charge in [0.25, 0.3) is 0 Å². The third-order valence-corrected chi connectivity index (χ3v) is 2.40. The molecule has 0 unspecified atom stereocenters. The average molecular weight is 250 g/mol. The monoisotopic (exact) mass is 250 g/mol. The van der Waals surface area contributed by atoms with Gasteiger partial charge < -0.3 is 5.73 Å². The summed E-state index contributed by atoms with van der Waals surface area (Å²) in [7, 11) is 0. The van der Waals surface area contributed by atoms with E-state index in [0.29, 0.717) is 17.1 Å². The van der Waals surface area contributed by atoms with Crippen LogP contribution in [0.4, 0.5) is 0 Å². The van der Waals surface area contributed by atoms with Crippen molar-refractivity contribution in [3.8, 4) is 5.69 Å². The van der Waals surface area contributed by atoms with Crippen LogP contribution in [0, 0.1) is 0 Å². The highest BCUT2D eigenvalue weighted by atomic mass is 32.1. The van der Waals surface area contributed by atoms with Crippen molar-refractivity contribution in [3.05, 3.63) is 50.8 Å². The smallest absolute Gasteiger partial charge is 0.348 e. The zero-order valence-electron chi connectivity index (χ0n) is 8.77. The standard InChI is InChI=1S/C10H10N4O2S/c11-8(17)5-6-1-3-7(4-2-6)14-9(15)12-13-10(14)16/h1-4H,5H2,(H2,11,17)(H,12,15)(H,13,16). The fourth-order valence-corrected chi connectivity index (χ4v) is 1.68. The topological polar surface area (TPSA) is 96.7 Å². The fraction of sp³-hybridized carbons (Fsp3) is 0.100. The lowest BCUT2D eigenvalue weighted by Crippen LogP contribution is -2.24. The van der Waals surface area contributed by atoms with Crippen LogP contribution in [0.15, 0.2) is 33.9 Å². The Labute approximate surface area is 101 Å². The highest BCUT2D eigenvalue weighted by Crippen LogP contribution is 2.06. The number of aromatic amines is 2. The molecule has 0 saturated carbocycles. The fourth-order valence-electron chi connectivity index (χ4n) is 1.51. The molecule has 0 aliphatic rings. The van der Waals surface area contributed by atoms with Crippen molar-refractivity contribution in [2.24, 2.45) is 5.73 Å². The van der Waals surface area contributed by atoms with Crippen LogP contribution in [0.3, 0.4) is 0 Å². The van der Waals surface area contributed by atoms with E-state index >= 15 is 0 Å². The number of benzene rings is 1.